The zero-order valence-corrected chi connectivity index (χ0v) is 11.0. The van der Waals surface area contributed by atoms with Gasteiger partial charge < -0.3 is 9.80 Å². The Kier molecular flexibility index (Phi) is 4.56. The molecule has 4 heteroatoms. The third-order valence-electron chi connectivity index (χ3n) is 3.44. The summed E-state index contributed by atoms with van der Waals surface area (Å²) in [5.74, 6) is 0. The van der Waals surface area contributed by atoms with Gasteiger partial charge in [0.25, 0.3) is 0 Å². The van der Waals surface area contributed by atoms with Crippen molar-refractivity contribution in [2.24, 2.45) is 0 Å². The van der Waals surface area contributed by atoms with Crippen LogP contribution < -0.4 is 0 Å². The van der Waals surface area contributed by atoms with Crippen molar-refractivity contribution in [3.8, 4) is 0 Å². The Hall–Kier alpha value is -1.58. The Morgan fingerprint density at radius 3 is 2.61 bits per heavy atom. The molecule has 98 valence electrons. The lowest BCUT2D eigenvalue weighted by Crippen LogP contribution is -2.44. The average molecular weight is 247 g/mol. The van der Waals surface area contributed by atoms with Crippen LogP contribution >= 0.6 is 0 Å². The number of hydrogen-bond donors (Lipinski definition) is 0. The van der Waals surface area contributed by atoms with E-state index >= 15 is 0 Å². The molecule has 2 rings (SSSR count). The van der Waals surface area contributed by atoms with Crippen molar-refractivity contribution in [2.75, 3.05) is 26.7 Å². The Labute approximate surface area is 109 Å². The van der Waals surface area contributed by atoms with Crippen molar-refractivity contribution in [3.63, 3.8) is 0 Å². The molecule has 1 aromatic heterocycles. The molecule has 0 saturated carbocycles. The van der Waals surface area contributed by atoms with Crippen molar-refractivity contribution >= 4 is 6.03 Å². The Morgan fingerprint density at radius 2 is 1.94 bits per heavy atom. The van der Waals surface area contributed by atoms with Crippen LogP contribution in [0.25, 0.3) is 0 Å². The van der Waals surface area contributed by atoms with Gasteiger partial charge in [0.15, 0.2) is 0 Å². The highest BCUT2D eigenvalue weighted by atomic mass is 16.2. The number of hydrogen-bond acceptors (Lipinski definition) is 2. The first kappa shape index (κ1) is 12.9. The normalized spacial score (nSPS) is 15.5. The molecule has 1 saturated heterocycles. The van der Waals surface area contributed by atoms with Crippen molar-refractivity contribution in [1.82, 2.24) is 14.8 Å². The number of aromatic nitrogens is 1. The Bertz CT molecular complexity index is 374. The van der Waals surface area contributed by atoms with Crippen LogP contribution in [0, 0.1) is 0 Å². The summed E-state index contributed by atoms with van der Waals surface area (Å²) in [5, 5.41) is 0. The van der Waals surface area contributed by atoms with E-state index in [4.69, 9.17) is 0 Å². The number of carbonyl (C=O) groups is 1. The maximum atomic E-state index is 12.2. The molecule has 0 atom stereocenters. The third-order valence-corrected chi connectivity index (χ3v) is 3.44. The van der Waals surface area contributed by atoms with Crippen molar-refractivity contribution in [1.29, 1.82) is 0 Å². The van der Waals surface area contributed by atoms with Crippen LogP contribution in [-0.2, 0) is 6.42 Å². The van der Waals surface area contributed by atoms with Crippen molar-refractivity contribution < 1.29 is 4.79 Å². The second-order valence-electron chi connectivity index (χ2n) is 4.86. The highest BCUT2D eigenvalue weighted by Crippen LogP contribution is 2.11. The molecule has 18 heavy (non-hydrogen) atoms. The van der Waals surface area contributed by atoms with E-state index in [0.717, 1.165) is 38.9 Å². The predicted molar refractivity (Wildman–Crippen MR) is 71.4 cm³/mol. The van der Waals surface area contributed by atoms with Gasteiger partial charge >= 0.3 is 6.03 Å². The topological polar surface area (TPSA) is 36.4 Å². The first-order valence-electron chi connectivity index (χ1n) is 6.66. The molecular weight excluding hydrogens is 226 g/mol. The highest BCUT2D eigenvalue weighted by molar-refractivity contribution is 5.74. The minimum absolute atomic E-state index is 0.170. The second-order valence-corrected chi connectivity index (χ2v) is 4.86. The maximum absolute atomic E-state index is 12.2. The fraction of sp³-hybridized carbons (Fsp3) is 0.571. The number of urea groups is 1. The van der Waals surface area contributed by atoms with Gasteiger partial charge in [-0.15, -0.1) is 0 Å². The molecule has 1 aromatic rings. The lowest BCUT2D eigenvalue weighted by molar-refractivity contribution is 0.153. The molecular formula is C14H21N3O. The summed E-state index contributed by atoms with van der Waals surface area (Å²) in [6.07, 6.45) is 8.01. The van der Waals surface area contributed by atoms with Crippen molar-refractivity contribution in [3.05, 3.63) is 30.1 Å². The van der Waals surface area contributed by atoms with Gasteiger partial charge in [-0.05, 0) is 43.4 Å². The van der Waals surface area contributed by atoms with Gasteiger partial charge in [0.2, 0.25) is 0 Å². The summed E-state index contributed by atoms with van der Waals surface area (Å²) in [4.78, 5) is 19.9. The summed E-state index contributed by atoms with van der Waals surface area (Å²) in [6, 6.07) is 4.17. The van der Waals surface area contributed by atoms with Gasteiger partial charge in [-0.1, -0.05) is 0 Å². The van der Waals surface area contributed by atoms with Gasteiger partial charge in [0.05, 0.1) is 0 Å². The summed E-state index contributed by atoms with van der Waals surface area (Å²) < 4.78 is 0. The molecule has 1 aliphatic rings. The van der Waals surface area contributed by atoms with Crippen LogP contribution in [-0.4, -0.2) is 47.5 Å². The number of piperidine rings is 1. The van der Waals surface area contributed by atoms with E-state index in [1.165, 1.54) is 12.0 Å². The maximum Gasteiger partial charge on any atom is 0.319 e. The van der Waals surface area contributed by atoms with E-state index in [1.54, 1.807) is 12.4 Å². The first-order chi connectivity index (χ1) is 8.77. The first-order valence-corrected chi connectivity index (χ1v) is 6.66. The molecule has 0 aromatic carbocycles. The van der Waals surface area contributed by atoms with E-state index < -0.39 is 0 Å². The third kappa shape index (κ3) is 3.45. The minimum atomic E-state index is 0.170. The van der Waals surface area contributed by atoms with E-state index in [9.17, 15) is 4.79 Å². The van der Waals surface area contributed by atoms with Gasteiger partial charge in [-0.25, -0.2) is 4.79 Å². The Morgan fingerprint density at radius 1 is 1.28 bits per heavy atom. The van der Waals surface area contributed by atoms with E-state index in [-0.39, 0.29) is 6.03 Å². The molecule has 1 aliphatic heterocycles. The summed E-state index contributed by atoms with van der Waals surface area (Å²) in [6.45, 7) is 2.59. The van der Waals surface area contributed by atoms with Gasteiger partial charge in [-0.2, -0.15) is 0 Å². The summed E-state index contributed by atoms with van der Waals surface area (Å²) in [7, 11) is 1.89. The molecule has 2 heterocycles. The Balaban J connectivity index is 1.80. The quantitative estimate of drug-likeness (QED) is 0.820. The number of amides is 2. The van der Waals surface area contributed by atoms with Gasteiger partial charge in [-0.3, -0.25) is 4.98 Å². The predicted octanol–water partition coefficient (Wildman–Crippen LogP) is 2.16. The monoisotopic (exact) mass is 247 g/mol. The largest absolute Gasteiger partial charge is 0.327 e. The fourth-order valence-electron chi connectivity index (χ4n) is 2.27. The van der Waals surface area contributed by atoms with Gasteiger partial charge in [0, 0.05) is 39.1 Å². The fourth-order valence-corrected chi connectivity index (χ4v) is 2.27. The molecule has 0 bridgehead atoms. The van der Waals surface area contributed by atoms with E-state index in [2.05, 4.69) is 4.98 Å². The molecule has 4 nitrogen and oxygen atoms in total. The summed E-state index contributed by atoms with van der Waals surface area (Å²) >= 11 is 0. The van der Waals surface area contributed by atoms with Crippen LogP contribution in [0.3, 0.4) is 0 Å². The molecule has 0 N–H and O–H groups in total. The number of rotatable bonds is 3. The zero-order chi connectivity index (χ0) is 12.8. The van der Waals surface area contributed by atoms with E-state index in [1.807, 2.05) is 29.0 Å². The average Bonchev–Trinajstić information content (AvgIpc) is 2.46. The van der Waals surface area contributed by atoms with Gasteiger partial charge in [0.1, 0.15) is 0 Å². The minimum Gasteiger partial charge on any atom is -0.327 e. The van der Waals surface area contributed by atoms with Crippen LogP contribution in [0.15, 0.2) is 24.5 Å². The number of pyridine rings is 1. The van der Waals surface area contributed by atoms with Crippen molar-refractivity contribution in [2.45, 2.75) is 25.7 Å². The number of likely N-dealkylation sites (tertiary alicyclic amines) is 1. The summed E-state index contributed by atoms with van der Waals surface area (Å²) in [5.41, 5.74) is 1.23. The zero-order valence-electron chi connectivity index (χ0n) is 11.0. The lowest BCUT2D eigenvalue weighted by Gasteiger charge is -2.31. The molecule has 1 fully saturated rings. The SMILES string of the molecule is CN(CCc1ccncc1)C(=O)N1CCCCC1. The molecule has 0 spiro atoms. The number of nitrogens with zero attached hydrogens (tertiary/aromatic N) is 3. The molecule has 0 unspecified atom stereocenters. The molecule has 0 radical (unpaired) electrons. The number of likely N-dealkylation sites (N-methyl/N-ethyl adjacent to an activating group) is 1. The number of carbonyl (C=O) groups excluding carboxylic acids is 1. The highest BCUT2D eigenvalue weighted by Gasteiger charge is 2.19. The lowest BCUT2D eigenvalue weighted by atomic mass is 10.1. The molecule has 0 aliphatic carbocycles. The molecule has 2 amide bonds. The van der Waals surface area contributed by atoms with Crippen LogP contribution in [0.5, 0.6) is 0 Å². The van der Waals surface area contributed by atoms with Crippen LogP contribution in [0.1, 0.15) is 24.8 Å². The van der Waals surface area contributed by atoms with E-state index in [0.29, 0.717) is 0 Å². The smallest absolute Gasteiger partial charge is 0.319 e. The van der Waals surface area contributed by atoms with Crippen LogP contribution in [0.2, 0.25) is 0 Å². The standard InChI is InChI=1S/C14H21N3O/c1-16(12-7-13-5-8-15-9-6-13)14(18)17-10-3-2-4-11-17/h5-6,8-9H,2-4,7,10-12H2,1H3. The van der Waals surface area contributed by atoms with Crippen LogP contribution in [0.4, 0.5) is 4.79 Å². The second kappa shape index (κ2) is 6.38.